The lowest BCUT2D eigenvalue weighted by molar-refractivity contribution is -0.151. The van der Waals surface area contributed by atoms with Gasteiger partial charge in [0.05, 0.1) is 11.9 Å². The third-order valence-corrected chi connectivity index (χ3v) is 5.14. The number of carboxylic acids is 1. The van der Waals surface area contributed by atoms with Crippen LogP contribution in [0, 0.1) is 0 Å². The van der Waals surface area contributed by atoms with Gasteiger partial charge in [0.15, 0.2) is 0 Å². The smallest absolute Gasteiger partial charge is 0.326 e. The molecule has 142 valence electrons. The average molecular weight is 375 g/mol. The fourth-order valence-electron chi connectivity index (χ4n) is 3.61. The van der Waals surface area contributed by atoms with Crippen molar-refractivity contribution in [1.29, 1.82) is 0 Å². The van der Waals surface area contributed by atoms with E-state index in [0.717, 1.165) is 22.4 Å². The molecule has 3 aromatic rings. The summed E-state index contributed by atoms with van der Waals surface area (Å²) >= 11 is 0. The summed E-state index contributed by atoms with van der Waals surface area (Å²) < 4.78 is 1.77. The van der Waals surface area contributed by atoms with E-state index in [1.165, 1.54) is 4.90 Å². The maximum atomic E-state index is 12.8. The van der Waals surface area contributed by atoms with E-state index < -0.39 is 12.0 Å². The molecule has 1 N–H and O–H groups in total. The van der Waals surface area contributed by atoms with Crippen LogP contribution in [0.4, 0.5) is 0 Å². The maximum Gasteiger partial charge on any atom is 0.326 e. The number of rotatable bonds is 5. The molecule has 28 heavy (non-hydrogen) atoms. The zero-order valence-corrected chi connectivity index (χ0v) is 15.4. The summed E-state index contributed by atoms with van der Waals surface area (Å²) in [7, 11) is 0. The van der Waals surface area contributed by atoms with Crippen molar-refractivity contribution in [1.82, 2.24) is 14.7 Å². The van der Waals surface area contributed by atoms with Gasteiger partial charge in [-0.25, -0.2) is 9.48 Å². The van der Waals surface area contributed by atoms with Crippen molar-refractivity contribution in [2.45, 2.75) is 31.8 Å². The van der Waals surface area contributed by atoms with Crippen molar-refractivity contribution in [3.8, 4) is 5.69 Å². The third-order valence-electron chi connectivity index (χ3n) is 5.14. The number of fused-ring (bicyclic) bond motifs is 1. The van der Waals surface area contributed by atoms with Crippen molar-refractivity contribution in [2.24, 2.45) is 0 Å². The van der Waals surface area contributed by atoms with E-state index in [0.29, 0.717) is 19.4 Å². The molecule has 1 aliphatic rings. The summed E-state index contributed by atoms with van der Waals surface area (Å²) in [4.78, 5) is 26.0. The average Bonchev–Trinajstić information content (AvgIpc) is 3.20. The van der Waals surface area contributed by atoms with Gasteiger partial charge in [0, 0.05) is 25.6 Å². The minimum atomic E-state index is -0.959. The van der Waals surface area contributed by atoms with Crippen LogP contribution >= 0.6 is 0 Å². The first-order valence-electron chi connectivity index (χ1n) is 9.30. The Morgan fingerprint density at radius 3 is 2.50 bits per heavy atom. The van der Waals surface area contributed by atoms with Crippen LogP contribution in [0.15, 0.2) is 67.0 Å². The predicted molar refractivity (Wildman–Crippen MR) is 104 cm³/mol. The van der Waals surface area contributed by atoms with Crippen molar-refractivity contribution in [2.75, 3.05) is 0 Å². The van der Waals surface area contributed by atoms with Crippen LogP contribution in [0.1, 0.15) is 23.1 Å². The van der Waals surface area contributed by atoms with Gasteiger partial charge in [-0.3, -0.25) is 4.79 Å². The van der Waals surface area contributed by atoms with Gasteiger partial charge in [0.25, 0.3) is 0 Å². The van der Waals surface area contributed by atoms with Crippen LogP contribution in [0.25, 0.3) is 5.69 Å². The Kier molecular flexibility index (Phi) is 4.93. The van der Waals surface area contributed by atoms with Gasteiger partial charge in [0.2, 0.25) is 5.91 Å². The summed E-state index contributed by atoms with van der Waals surface area (Å²) in [6.45, 7) is 0.343. The van der Waals surface area contributed by atoms with Gasteiger partial charge < -0.3 is 10.0 Å². The molecule has 0 fully saturated rings. The highest BCUT2D eigenvalue weighted by molar-refractivity contribution is 5.84. The molecule has 6 nitrogen and oxygen atoms in total. The van der Waals surface area contributed by atoms with Crippen LogP contribution in [0.3, 0.4) is 0 Å². The number of para-hydroxylation sites is 1. The SMILES string of the molecule is O=C(O)[C@@H]1Cc2ccccc2CN1C(=O)CCc1cnn(-c2ccccc2)c1. The molecule has 1 atom stereocenters. The highest BCUT2D eigenvalue weighted by Crippen LogP contribution is 2.24. The molecule has 0 aliphatic carbocycles. The molecular weight excluding hydrogens is 354 g/mol. The van der Waals surface area contributed by atoms with Crippen LogP contribution in [-0.4, -0.2) is 37.7 Å². The molecule has 0 saturated carbocycles. The fourth-order valence-corrected chi connectivity index (χ4v) is 3.61. The zero-order chi connectivity index (χ0) is 19.5. The number of carbonyl (C=O) groups excluding carboxylic acids is 1. The number of aromatic nitrogens is 2. The monoisotopic (exact) mass is 375 g/mol. The van der Waals surface area contributed by atoms with E-state index in [-0.39, 0.29) is 12.3 Å². The number of amides is 1. The second-order valence-corrected chi connectivity index (χ2v) is 6.98. The Labute approximate surface area is 163 Å². The lowest BCUT2D eigenvalue weighted by Crippen LogP contribution is -2.48. The fraction of sp³-hybridized carbons (Fsp3) is 0.227. The minimum absolute atomic E-state index is 0.144. The normalized spacial score (nSPS) is 15.9. The molecule has 1 aromatic heterocycles. The topological polar surface area (TPSA) is 75.4 Å². The van der Waals surface area contributed by atoms with Crippen molar-refractivity contribution >= 4 is 11.9 Å². The van der Waals surface area contributed by atoms with Crippen LogP contribution in [0.2, 0.25) is 0 Å². The highest BCUT2D eigenvalue weighted by Gasteiger charge is 2.34. The standard InChI is InChI=1S/C22H21N3O3/c26-21(11-10-16-13-23-25(14-16)19-8-2-1-3-9-19)24-15-18-7-5-4-6-17(18)12-20(24)22(27)28/h1-9,13-14,20H,10-12,15H2,(H,27,28)/t20-/m0/s1. The van der Waals surface area contributed by atoms with Gasteiger partial charge >= 0.3 is 5.97 Å². The van der Waals surface area contributed by atoms with E-state index in [1.54, 1.807) is 10.9 Å². The Morgan fingerprint density at radius 1 is 1.04 bits per heavy atom. The van der Waals surface area contributed by atoms with E-state index in [4.69, 9.17) is 0 Å². The summed E-state index contributed by atoms with van der Waals surface area (Å²) in [5.41, 5.74) is 3.92. The molecule has 1 amide bonds. The maximum absolute atomic E-state index is 12.8. The second-order valence-electron chi connectivity index (χ2n) is 6.98. The van der Waals surface area contributed by atoms with E-state index >= 15 is 0 Å². The molecule has 0 saturated heterocycles. The van der Waals surface area contributed by atoms with Crippen LogP contribution in [-0.2, 0) is 29.0 Å². The number of carbonyl (C=O) groups is 2. The first-order valence-corrected chi connectivity index (χ1v) is 9.30. The van der Waals surface area contributed by atoms with Gasteiger partial charge in [0.1, 0.15) is 6.04 Å². The van der Waals surface area contributed by atoms with Crippen molar-refractivity contribution in [3.63, 3.8) is 0 Å². The number of hydrogen-bond acceptors (Lipinski definition) is 3. The minimum Gasteiger partial charge on any atom is -0.480 e. The first-order chi connectivity index (χ1) is 13.6. The highest BCUT2D eigenvalue weighted by atomic mass is 16.4. The zero-order valence-electron chi connectivity index (χ0n) is 15.4. The quantitative estimate of drug-likeness (QED) is 0.744. The Morgan fingerprint density at radius 2 is 1.75 bits per heavy atom. The Bertz CT molecular complexity index is 997. The third kappa shape index (κ3) is 3.67. The van der Waals surface area contributed by atoms with Gasteiger partial charge in [-0.05, 0) is 35.2 Å². The second kappa shape index (κ2) is 7.68. The van der Waals surface area contributed by atoms with Gasteiger partial charge in [-0.15, -0.1) is 0 Å². The van der Waals surface area contributed by atoms with Crippen LogP contribution in [0.5, 0.6) is 0 Å². The largest absolute Gasteiger partial charge is 0.480 e. The van der Waals surface area contributed by atoms with E-state index in [1.807, 2.05) is 60.8 Å². The molecule has 0 unspecified atom stereocenters. The number of benzene rings is 2. The summed E-state index contributed by atoms with van der Waals surface area (Å²) in [5.74, 6) is -1.10. The molecule has 0 radical (unpaired) electrons. The molecule has 2 heterocycles. The summed E-state index contributed by atoms with van der Waals surface area (Å²) in [5, 5.41) is 13.9. The predicted octanol–water partition coefficient (Wildman–Crippen LogP) is 2.84. The molecule has 6 heteroatoms. The number of nitrogens with zero attached hydrogens (tertiary/aromatic N) is 3. The van der Waals surface area contributed by atoms with Gasteiger partial charge in [-0.1, -0.05) is 42.5 Å². The Balaban J connectivity index is 1.44. The van der Waals surface area contributed by atoms with Gasteiger partial charge in [-0.2, -0.15) is 5.10 Å². The van der Waals surface area contributed by atoms with Crippen molar-refractivity contribution in [3.05, 3.63) is 83.7 Å². The summed E-state index contributed by atoms with van der Waals surface area (Å²) in [6, 6.07) is 16.7. The number of carboxylic acid groups (broad SMARTS) is 1. The van der Waals surface area contributed by atoms with E-state index in [2.05, 4.69) is 5.10 Å². The first kappa shape index (κ1) is 18.0. The number of aliphatic carboxylic acids is 1. The lowest BCUT2D eigenvalue weighted by Gasteiger charge is -2.34. The van der Waals surface area contributed by atoms with Crippen molar-refractivity contribution < 1.29 is 14.7 Å². The molecule has 0 spiro atoms. The van der Waals surface area contributed by atoms with Crippen LogP contribution < -0.4 is 0 Å². The molecular formula is C22H21N3O3. The molecule has 4 rings (SSSR count). The van der Waals surface area contributed by atoms with E-state index in [9.17, 15) is 14.7 Å². The summed E-state index contributed by atoms with van der Waals surface area (Å²) in [6.07, 6.45) is 4.79. The molecule has 1 aliphatic heterocycles. The number of hydrogen-bond donors (Lipinski definition) is 1. The Hall–Kier alpha value is -3.41. The number of aryl methyl sites for hydroxylation is 1. The molecule has 0 bridgehead atoms. The molecule has 2 aromatic carbocycles. The lowest BCUT2D eigenvalue weighted by atomic mass is 9.93.